The molecule has 1 aromatic carbocycles. The van der Waals surface area contributed by atoms with E-state index in [0.717, 1.165) is 18.7 Å². The van der Waals surface area contributed by atoms with Crippen LogP contribution in [0.3, 0.4) is 0 Å². The van der Waals surface area contributed by atoms with Gasteiger partial charge in [-0.25, -0.2) is 0 Å². The van der Waals surface area contributed by atoms with Crippen LogP contribution in [0.15, 0.2) is 24.3 Å². The van der Waals surface area contributed by atoms with E-state index in [1.54, 1.807) is 0 Å². The quantitative estimate of drug-likeness (QED) is 0.497. The normalized spacial score (nSPS) is 9.91. The van der Waals surface area contributed by atoms with E-state index in [9.17, 15) is 0 Å². The van der Waals surface area contributed by atoms with Gasteiger partial charge in [0.25, 0.3) is 0 Å². The van der Waals surface area contributed by atoms with Gasteiger partial charge >= 0.3 is 0 Å². The molecule has 0 amide bonds. The first-order valence-corrected chi connectivity index (χ1v) is 3.61. The van der Waals surface area contributed by atoms with Crippen molar-refractivity contribution in [1.29, 1.82) is 0 Å². The zero-order valence-corrected chi connectivity index (χ0v) is 6.38. The minimum absolute atomic E-state index is 0.796. The molecule has 0 spiro atoms. The average molecular weight is 148 g/mol. The van der Waals surface area contributed by atoms with Crippen molar-refractivity contribution in [3.8, 4) is 0 Å². The molecule has 0 saturated carbocycles. The first-order valence-electron chi connectivity index (χ1n) is 3.61. The molecule has 0 unspecified atom stereocenters. The Morgan fingerprint density at radius 3 is 2.45 bits per heavy atom. The van der Waals surface area contributed by atoms with Gasteiger partial charge < -0.3 is 11.1 Å². The van der Waals surface area contributed by atoms with Crippen LogP contribution in [0.1, 0.15) is 5.56 Å². The topological polar surface area (TPSA) is 38.0 Å². The fourth-order valence-electron chi connectivity index (χ4n) is 0.901. The van der Waals surface area contributed by atoms with Gasteiger partial charge in [-0.05, 0) is 30.7 Å². The lowest BCUT2D eigenvalue weighted by molar-refractivity contribution is 0.829. The van der Waals surface area contributed by atoms with Gasteiger partial charge in [0.2, 0.25) is 0 Å². The Morgan fingerprint density at radius 2 is 1.91 bits per heavy atom. The summed E-state index contributed by atoms with van der Waals surface area (Å²) in [4.78, 5) is 0. The Bertz CT molecular complexity index is 203. The minimum atomic E-state index is 0.796. The van der Waals surface area contributed by atoms with Crippen molar-refractivity contribution in [2.75, 3.05) is 12.3 Å². The van der Waals surface area contributed by atoms with Crippen LogP contribution in [0.25, 0.3) is 0 Å². The second kappa shape index (κ2) is 3.98. The lowest BCUT2D eigenvalue weighted by Crippen LogP contribution is -2.07. The average Bonchev–Trinajstić information content (AvgIpc) is 2.04. The van der Waals surface area contributed by atoms with E-state index in [4.69, 9.17) is 12.8 Å². The smallest absolute Gasteiger partial charge is 0.0407 e. The number of rotatable bonds is 3. The highest BCUT2D eigenvalue weighted by Gasteiger charge is 1.90. The van der Waals surface area contributed by atoms with Gasteiger partial charge in [0.15, 0.2) is 0 Å². The van der Waals surface area contributed by atoms with Crippen LogP contribution in [0.4, 0.5) is 5.69 Å². The molecule has 0 atom stereocenters. The lowest BCUT2D eigenvalue weighted by atomic mass is 10.1. The van der Waals surface area contributed by atoms with Crippen molar-refractivity contribution in [2.24, 2.45) is 0 Å². The van der Waals surface area contributed by atoms with Crippen molar-refractivity contribution >= 4 is 5.69 Å². The number of hydrogen-bond acceptors (Lipinski definition) is 2. The van der Waals surface area contributed by atoms with Crippen molar-refractivity contribution < 1.29 is 0 Å². The molecule has 1 aromatic rings. The van der Waals surface area contributed by atoms with Gasteiger partial charge in [-0.3, -0.25) is 0 Å². The molecule has 0 aliphatic rings. The molecular weight excluding hydrogens is 136 g/mol. The van der Waals surface area contributed by atoms with Gasteiger partial charge in [-0.1, -0.05) is 12.1 Å². The van der Waals surface area contributed by atoms with Crippen LogP contribution in [0.5, 0.6) is 0 Å². The van der Waals surface area contributed by atoms with E-state index in [1.165, 1.54) is 5.56 Å². The number of nitrogens with two attached hydrogens (primary N) is 1. The predicted octanol–water partition coefficient (Wildman–Crippen LogP) is 1.07. The highest BCUT2D eigenvalue weighted by molar-refractivity contribution is 5.39. The van der Waals surface area contributed by atoms with E-state index >= 15 is 0 Å². The summed E-state index contributed by atoms with van der Waals surface area (Å²) in [7, 11) is 5.13. The van der Waals surface area contributed by atoms with Crippen LogP contribution in [0, 0.1) is 7.05 Å². The second-order valence-electron chi connectivity index (χ2n) is 2.45. The van der Waals surface area contributed by atoms with Crippen LogP contribution in [-0.4, -0.2) is 6.54 Å². The van der Waals surface area contributed by atoms with Crippen LogP contribution in [0.2, 0.25) is 0 Å². The summed E-state index contributed by atoms with van der Waals surface area (Å²) in [6.45, 7) is 0.796. The molecule has 0 bridgehead atoms. The van der Waals surface area contributed by atoms with Crippen molar-refractivity contribution in [1.82, 2.24) is 5.32 Å². The Balaban J connectivity index is 2.52. The standard InChI is InChI=1S/C9H12N2/c1-11-7-6-8-2-4-9(10)5-3-8/h1-5,11H,6-7,10H2. The summed E-state index contributed by atoms with van der Waals surface area (Å²) in [5.41, 5.74) is 7.56. The molecule has 58 valence electrons. The minimum Gasteiger partial charge on any atom is -0.399 e. The van der Waals surface area contributed by atoms with E-state index < -0.39 is 0 Å². The molecular formula is C9H12N2. The third kappa shape index (κ3) is 2.60. The molecule has 0 heterocycles. The summed E-state index contributed by atoms with van der Waals surface area (Å²) < 4.78 is 0. The highest BCUT2D eigenvalue weighted by Crippen LogP contribution is 2.05. The number of anilines is 1. The molecule has 0 saturated heterocycles. The van der Waals surface area contributed by atoms with Crippen LogP contribution < -0.4 is 11.1 Å². The van der Waals surface area contributed by atoms with Gasteiger partial charge in [0.1, 0.15) is 0 Å². The third-order valence-electron chi connectivity index (χ3n) is 1.54. The van der Waals surface area contributed by atoms with E-state index in [-0.39, 0.29) is 0 Å². The molecule has 0 fully saturated rings. The molecule has 2 radical (unpaired) electrons. The highest BCUT2D eigenvalue weighted by atomic mass is 14.8. The SMILES string of the molecule is [CH]NCCc1ccc(N)cc1. The third-order valence-corrected chi connectivity index (χ3v) is 1.54. The Hall–Kier alpha value is -1.02. The summed E-state index contributed by atoms with van der Waals surface area (Å²) in [5, 5.41) is 2.60. The number of hydrogen-bond donors (Lipinski definition) is 2. The lowest BCUT2D eigenvalue weighted by Gasteiger charge is -1.99. The number of nitrogens with one attached hydrogen (secondary N) is 1. The fourth-order valence-corrected chi connectivity index (χ4v) is 0.901. The van der Waals surface area contributed by atoms with Gasteiger partial charge in [0, 0.05) is 12.7 Å². The van der Waals surface area contributed by atoms with Crippen LogP contribution >= 0.6 is 0 Å². The predicted molar refractivity (Wildman–Crippen MR) is 46.9 cm³/mol. The summed E-state index contributed by atoms with van der Waals surface area (Å²) in [6, 6.07) is 7.80. The zero-order chi connectivity index (χ0) is 8.10. The van der Waals surface area contributed by atoms with Gasteiger partial charge in [0.05, 0.1) is 0 Å². The molecule has 0 aliphatic carbocycles. The Morgan fingerprint density at radius 1 is 1.27 bits per heavy atom. The first-order chi connectivity index (χ1) is 5.33. The van der Waals surface area contributed by atoms with Crippen molar-refractivity contribution in [3.05, 3.63) is 36.9 Å². The largest absolute Gasteiger partial charge is 0.399 e. The van der Waals surface area contributed by atoms with Crippen molar-refractivity contribution in [2.45, 2.75) is 6.42 Å². The molecule has 1 rings (SSSR count). The van der Waals surface area contributed by atoms with E-state index in [1.807, 2.05) is 24.3 Å². The second-order valence-corrected chi connectivity index (χ2v) is 2.45. The molecule has 2 nitrogen and oxygen atoms in total. The molecule has 3 N–H and O–H groups in total. The number of benzene rings is 1. The molecule has 0 aromatic heterocycles. The Labute approximate surface area is 67.4 Å². The van der Waals surface area contributed by atoms with Crippen molar-refractivity contribution in [3.63, 3.8) is 0 Å². The Kier molecular flexibility index (Phi) is 2.93. The van der Waals surface area contributed by atoms with E-state index in [0.29, 0.717) is 0 Å². The first kappa shape index (κ1) is 8.08. The summed E-state index contributed by atoms with van der Waals surface area (Å²) >= 11 is 0. The summed E-state index contributed by atoms with van der Waals surface area (Å²) in [6.07, 6.45) is 0.941. The van der Waals surface area contributed by atoms with Gasteiger partial charge in [-0.15, -0.1) is 0 Å². The van der Waals surface area contributed by atoms with E-state index in [2.05, 4.69) is 5.32 Å². The zero-order valence-electron chi connectivity index (χ0n) is 6.38. The van der Waals surface area contributed by atoms with Crippen LogP contribution in [-0.2, 0) is 6.42 Å². The number of nitrogen functional groups attached to an aromatic ring is 1. The monoisotopic (exact) mass is 148 g/mol. The molecule has 11 heavy (non-hydrogen) atoms. The maximum Gasteiger partial charge on any atom is 0.0407 e. The molecule has 0 aliphatic heterocycles. The maximum absolute atomic E-state index is 5.52. The fraction of sp³-hybridized carbons (Fsp3) is 0.222. The molecule has 2 heteroatoms. The van der Waals surface area contributed by atoms with Gasteiger partial charge in [-0.2, -0.15) is 0 Å². The summed E-state index contributed by atoms with van der Waals surface area (Å²) in [5.74, 6) is 0. The maximum atomic E-state index is 5.52.